The number of oxime groups is 1. The molecule has 0 atom stereocenters. The van der Waals surface area contributed by atoms with Crippen molar-refractivity contribution in [2.45, 2.75) is 0 Å². The Kier molecular flexibility index (Phi) is 4.27. The van der Waals surface area contributed by atoms with Gasteiger partial charge in [0, 0.05) is 11.5 Å². The number of nitrogens with one attached hydrogen (secondary N) is 1. The van der Waals surface area contributed by atoms with Crippen LogP contribution in [0, 0.1) is 11.8 Å². The predicted molar refractivity (Wildman–Crippen MR) is 61.4 cm³/mol. The maximum Gasteiger partial charge on any atom is 0.293 e. The largest absolute Gasteiger partial charge is 0.411 e. The summed E-state index contributed by atoms with van der Waals surface area (Å²) < 4.78 is 0. The van der Waals surface area contributed by atoms with Crippen LogP contribution in [-0.4, -0.2) is 23.2 Å². The number of nitrogens with zero attached hydrogens (tertiary/aromatic N) is 1. The Labute approximate surface area is 97.1 Å². The highest BCUT2D eigenvalue weighted by Crippen LogP contribution is 2.12. The molecule has 0 unspecified atom stereocenters. The van der Waals surface area contributed by atoms with Crippen molar-refractivity contribution in [3.8, 4) is 11.8 Å². The molecule has 0 aromatic heterocycles. The molecule has 1 aromatic carbocycles. The van der Waals surface area contributed by atoms with Crippen LogP contribution in [0.4, 0.5) is 5.69 Å². The van der Waals surface area contributed by atoms with Crippen molar-refractivity contribution >= 4 is 23.7 Å². The SMILES string of the molecule is NC(=O)C#Cc1ccccc1NC(=O)C=NO. The fourth-order valence-corrected chi connectivity index (χ4v) is 1.05. The lowest BCUT2D eigenvalue weighted by atomic mass is 10.2. The van der Waals surface area contributed by atoms with E-state index in [1.54, 1.807) is 24.3 Å². The zero-order chi connectivity index (χ0) is 12.7. The van der Waals surface area contributed by atoms with Crippen molar-refractivity contribution < 1.29 is 14.8 Å². The molecule has 0 aliphatic rings. The molecule has 86 valence electrons. The van der Waals surface area contributed by atoms with Gasteiger partial charge in [0.2, 0.25) is 0 Å². The summed E-state index contributed by atoms with van der Waals surface area (Å²) in [7, 11) is 0. The summed E-state index contributed by atoms with van der Waals surface area (Å²) >= 11 is 0. The minimum Gasteiger partial charge on any atom is -0.411 e. The standard InChI is InChI=1S/C11H9N3O3/c12-10(15)6-5-8-3-1-2-4-9(8)14-11(16)7-13-17/h1-4,7,17H,(H2,12,15)(H,14,16). The highest BCUT2D eigenvalue weighted by Gasteiger charge is 2.02. The number of primary amides is 1. The summed E-state index contributed by atoms with van der Waals surface area (Å²) in [6.45, 7) is 0. The first-order valence-corrected chi connectivity index (χ1v) is 4.52. The van der Waals surface area contributed by atoms with E-state index in [-0.39, 0.29) is 0 Å². The number of benzene rings is 1. The Morgan fingerprint density at radius 1 is 1.41 bits per heavy atom. The smallest absolute Gasteiger partial charge is 0.293 e. The highest BCUT2D eigenvalue weighted by atomic mass is 16.4. The third-order valence-corrected chi connectivity index (χ3v) is 1.68. The van der Waals surface area contributed by atoms with Gasteiger partial charge in [-0.25, -0.2) is 0 Å². The summed E-state index contributed by atoms with van der Waals surface area (Å²) in [4.78, 5) is 21.7. The molecule has 0 spiro atoms. The second-order valence-electron chi connectivity index (χ2n) is 2.89. The topological polar surface area (TPSA) is 105 Å². The number of rotatable bonds is 2. The van der Waals surface area contributed by atoms with E-state index in [2.05, 4.69) is 22.3 Å². The van der Waals surface area contributed by atoms with Crippen LogP contribution in [0.5, 0.6) is 0 Å². The van der Waals surface area contributed by atoms with Crippen LogP contribution in [0.3, 0.4) is 0 Å². The molecular weight excluding hydrogens is 222 g/mol. The fourth-order valence-electron chi connectivity index (χ4n) is 1.05. The first-order chi connectivity index (χ1) is 8.13. The van der Waals surface area contributed by atoms with Crippen LogP contribution in [0.25, 0.3) is 0 Å². The van der Waals surface area contributed by atoms with Crippen LogP contribution in [0.15, 0.2) is 29.4 Å². The first-order valence-electron chi connectivity index (χ1n) is 4.52. The van der Waals surface area contributed by atoms with Crippen LogP contribution >= 0.6 is 0 Å². The van der Waals surface area contributed by atoms with E-state index >= 15 is 0 Å². The van der Waals surface area contributed by atoms with Gasteiger partial charge in [0.15, 0.2) is 0 Å². The molecule has 0 radical (unpaired) electrons. The van der Waals surface area contributed by atoms with E-state index in [1.165, 1.54) is 0 Å². The van der Waals surface area contributed by atoms with E-state index in [4.69, 9.17) is 10.9 Å². The third-order valence-electron chi connectivity index (χ3n) is 1.68. The van der Waals surface area contributed by atoms with Gasteiger partial charge in [0.25, 0.3) is 11.8 Å². The summed E-state index contributed by atoms with van der Waals surface area (Å²) in [5, 5.41) is 13.2. The summed E-state index contributed by atoms with van der Waals surface area (Å²) in [5.74, 6) is 3.30. The number of anilines is 1. The van der Waals surface area contributed by atoms with Crippen LogP contribution in [-0.2, 0) is 9.59 Å². The Hall–Kier alpha value is -2.81. The maximum atomic E-state index is 11.1. The van der Waals surface area contributed by atoms with Crippen molar-refractivity contribution in [1.82, 2.24) is 0 Å². The first kappa shape index (κ1) is 12.3. The summed E-state index contributed by atoms with van der Waals surface area (Å²) in [5.41, 5.74) is 5.72. The molecule has 1 rings (SSSR count). The molecule has 0 heterocycles. The van der Waals surface area contributed by atoms with Crippen molar-refractivity contribution in [2.75, 3.05) is 5.32 Å². The minimum absolute atomic E-state index is 0.395. The van der Waals surface area contributed by atoms with Crippen molar-refractivity contribution in [1.29, 1.82) is 0 Å². The molecule has 0 fully saturated rings. The molecule has 17 heavy (non-hydrogen) atoms. The molecule has 0 aliphatic carbocycles. The normalized spacial score (nSPS) is 9.41. The predicted octanol–water partition coefficient (Wildman–Crippen LogP) is -0.0781. The number of carbonyl (C=O) groups excluding carboxylic acids is 2. The van der Waals surface area contributed by atoms with E-state index in [1.807, 2.05) is 0 Å². The average Bonchev–Trinajstić information content (AvgIpc) is 2.28. The van der Waals surface area contributed by atoms with Crippen LogP contribution < -0.4 is 11.1 Å². The number of amides is 2. The molecule has 6 heteroatoms. The van der Waals surface area contributed by atoms with Crippen molar-refractivity contribution in [2.24, 2.45) is 10.9 Å². The Morgan fingerprint density at radius 3 is 2.76 bits per heavy atom. The van der Waals surface area contributed by atoms with Gasteiger partial charge >= 0.3 is 0 Å². The van der Waals surface area contributed by atoms with Crippen molar-refractivity contribution in [3.05, 3.63) is 29.8 Å². The lowest BCUT2D eigenvalue weighted by Crippen LogP contribution is -2.13. The molecule has 0 bridgehead atoms. The van der Waals surface area contributed by atoms with E-state index in [9.17, 15) is 9.59 Å². The van der Waals surface area contributed by atoms with Gasteiger partial charge in [0.1, 0.15) is 6.21 Å². The molecule has 1 aromatic rings. The van der Waals surface area contributed by atoms with Gasteiger partial charge in [-0.2, -0.15) is 0 Å². The molecule has 0 saturated heterocycles. The number of hydrogen-bond donors (Lipinski definition) is 3. The molecule has 6 nitrogen and oxygen atoms in total. The summed E-state index contributed by atoms with van der Waals surface area (Å²) in [6.07, 6.45) is 0.707. The number of hydrogen-bond acceptors (Lipinski definition) is 4. The lowest BCUT2D eigenvalue weighted by molar-refractivity contribution is -0.113. The maximum absolute atomic E-state index is 11.1. The second kappa shape index (κ2) is 5.92. The van der Waals surface area contributed by atoms with Gasteiger partial charge in [0.05, 0.1) is 5.69 Å². The Balaban J connectivity index is 2.97. The van der Waals surface area contributed by atoms with Crippen LogP contribution in [0.1, 0.15) is 5.56 Å². The molecule has 4 N–H and O–H groups in total. The van der Waals surface area contributed by atoms with Gasteiger partial charge in [-0.05, 0) is 12.1 Å². The van der Waals surface area contributed by atoms with E-state index in [0.717, 1.165) is 0 Å². The van der Waals surface area contributed by atoms with Crippen LogP contribution in [0.2, 0.25) is 0 Å². The zero-order valence-corrected chi connectivity index (χ0v) is 8.68. The molecular formula is C11H9N3O3. The van der Waals surface area contributed by atoms with Gasteiger partial charge in [-0.1, -0.05) is 23.2 Å². The molecule has 2 amide bonds. The van der Waals surface area contributed by atoms with Gasteiger partial charge in [-0.15, -0.1) is 0 Å². The number of para-hydroxylation sites is 1. The summed E-state index contributed by atoms with van der Waals surface area (Å²) in [6, 6.07) is 6.58. The van der Waals surface area contributed by atoms with E-state index < -0.39 is 11.8 Å². The Bertz CT molecular complexity index is 526. The molecule has 0 saturated carbocycles. The zero-order valence-electron chi connectivity index (χ0n) is 8.68. The van der Waals surface area contributed by atoms with E-state index in [0.29, 0.717) is 17.5 Å². The minimum atomic E-state index is -0.761. The van der Waals surface area contributed by atoms with Gasteiger partial charge in [-0.3, -0.25) is 9.59 Å². The van der Waals surface area contributed by atoms with Gasteiger partial charge < -0.3 is 16.3 Å². The average molecular weight is 231 g/mol. The molecule has 0 aliphatic heterocycles. The third kappa shape index (κ3) is 4.05. The number of nitrogens with two attached hydrogens (primary N) is 1. The number of carbonyl (C=O) groups is 2. The fraction of sp³-hybridized carbons (Fsp3) is 0. The monoisotopic (exact) mass is 231 g/mol. The quantitative estimate of drug-likeness (QED) is 0.287. The second-order valence-corrected chi connectivity index (χ2v) is 2.89. The lowest BCUT2D eigenvalue weighted by Gasteiger charge is -2.03. The Morgan fingerprint density at radius 2 is 2.12 bits per heavy atom. The highest BCUT2D eigenvalue weighted by molar-refractivity contribution is 6.31. The van der Waals surface area contributed by atoms with Crippen molar-refractivity contribution in [3.63, 3.8) is 0 Å².